The molecule has 1 saturated heterocycles. The summed E-state index contributed by atoms with van der Waals surface area (Å²) in [5.41, 5.74) is 4.33. The molecule has 2 aromatic carbocycles. The van der Waals surface area contributed by atoms with Crippen LogP contribution < -0.4 is 10.1 Å². The van der Waals surface area contributed by atoms with Crippen molar-refractivity contribution >= 4 is 0 Å². The Morgan fingerprint density at radius 1 is 1.00 bits per heavy atom. The van der Waals surface area contributed by atoms with Crippen LogP contribution in [-0.2, 0) is 19.5 Å². The van der Waals surface area contributed by atoms with E-state index >= 15 is 0 Å². The summed E-state index contributed by atoms with van der Waals surface area (Å²) in [6, 6.07) is 17.6. The van der Waals surface area contributed by atoms with Gasteiger partial charge in [0.25, 0.3) is 0 Å². The van der Waals surface area contributed by atoms with Crippen molar-refractivity contribution in [1.29, 1.82) is 0 Å². The molecular formula is C22H28N2O. The Hall–Kier alpha value is -1.84. The van der Waals surface area contributed by atoms with E-state index in [0.29, 0.717) is 6.10 Å². The van der Waals surface area contributed by atoms with Gasteiger partial charge in [0.2, 0.25) is 0 Å². The van der Waals surface area contributed by atoms with Crippen LogP contribution in [0.1, 0.15) is 36.0 Å². The van der Waals surface area contributed by atoms with Gasteiger partial charge >= 0.3 is 0 Å². The molecule has 0 saturated carbocycles. The Kier molecular flexibility index (Phi) is 5.34. The number of aryl methyl sites for hydroxylation is 1. The predicted molar refractivity (Wildman–Crippen MR) is 102 cm³/mol. The van der Waals surface area contributed by atoms with Gasteiger partial charge in [-0.15, -0.1) is 0 Å². The molecule has 0 spiro atoms. The number of nitrogens with zero attached hydrogens (tertiary/aromatic N) is 1. The molecule has 132 valence electrons. The molecule has 1 fully saturated rings. The molecule has 0 aromatic heterocycles. The molecule has 1 N–H and O–H groups in total. The summed E-state index contributed by atoms with van der Waals surface area (Å²) in [7, 11) is 0. The second-order valence-corrected chi connectivity index (χ2v) is 7.30. The van der Waals surface area contributed by atoms with Gasteiger partial charge in [0.05, 0.1) is 0 Å². The molecule has 0 unspecified atom stereocenters. The third kappa shape index (κ3) is 4.42. The van der Waals surface area contributed by atoms with Crippen LogP contribution in [0.4, 0.5) is 0 Å². The highest BCUT2D eigenvalue weighted by Gasteiger charge is 2.18. The summed E-state index contributed by atoms with van der Waals surface area (Å²) >= 11 is 0. The summed E-state index contributed by atoms with van der Waals surface area (Å²) in [5, 5.41) is 3.40. The second kappa shape index (κ2) is 8.03. The van der Waals surface area contributed by atoms with Crippen molar-refractivity contribution in [3.63, 3.8) is 0 Å². The molecule has 2 aliphatic rings. The van der Waals surface area contributed by atoms with Crippen LogP contribution in [0.2, 0.25) is 0 Å². The van der Waals surface area contributed by atoms with Crippen LogP contribution in [-0.4, -0.2) is 30.6 Å². The Balaban J connectivity index is 1.46. The zero-order valence-corrected chi connectivity index (χ0v) is 14.9. The average molecular weight is 336 g/mol. The van der Waals surface area contributed by atoms with Crippen LogP contribution in [0.25, 0.3) is 0 Å². The summed E-state index contributed by atoms with van der Waals surface area (Å²) < 4.78 is 6.26. The molecule has 0 aliphatic carbocycles. The summed E-state index contributed by atoms with van der Waals surface area (Å²) in [6.07, 6.45) is 4.99. The number of nitrogens with one attached hydrogen (secondary N) is 1. The predicted octanol–water partition coefficient (Wildman–Crippen LogP) is 3.77. The van der Waals surface area contributed by atoms with Crippen molar-refractivity contribution in [2.75, 3.05) is 19.6 Å². The van der Waals surface area contributed by atoms with Gasteiger partial charge in [-0.2, -0.15) is 0 Å². The highest BCUT2D eigenvalue weighted by molar-refractivity contribution is 5.36. The zero-order valence-electron chi connectivity index (χ0n) is 14.9. The third-order valence-electron chi connectivity index (χ3n) is 5.33. The van der Waals surface area contributed by atoms with Crippen LogP contribution in [0.15, 0.2) is 48.5 Å². The van der Waals surface area contributed by atoms with Gasteiger partial charge in [0.15, 0.2) is 0 Å². The maximum absolute atomic E-state index is 6.26. The molecule has 2 aliphatic heterocycles. The molecule has 0 radical (unpaired) electrons. The fourth-order valence-electron chi connectivity index (χ4n) is 3.96. The van der Waals surface area contributed by atoms with Crippen LogP contribution in [0, 0.1) is 0 Å². The molecule has 0 bridgehead atoms. The lowest BCUT2D eigenvalue weighted by molar-refractivity contribution is 0.162. The first-order valence-electron chi connectivity index (χ1n) is 9.62. The van der Waals surface area contributed by atoms with Crippen molar-refractivity contribution in [2.45, 2.75) is 44.9 Å². The maximum atomic E-state index is 6.26. The number of rotatable bonds is 4. The quantitative estimate of drug-likeness (QED) is 0.920. The Morgan fingerprint density at radius 2 is 1.84 bits per heavy atom. The maximum Gasteiger partial charge on any atom is 0.120 e. The highest BCUT2D eigenvalue weighted by Crippen LogP contribution is 2.26. The number of ether oxygens (including phenoxy) is 1. The fraction of sp³-hybridized carbons (Fsp3) is 0.455. The smallest absolute Gasteiger partial charge is 0.120 e. The van der Waals surface area contributed by atoms with E-state index in [-0.39, 0.29) is 0 Å². The Morgan fingerprint density at radius 3 is 2.68 bits per heavy atom. The first-order valence-corrected chi connectivity index (χ1v) is 9.62. The Bertz CT molecular complexity index is 680. The average Bonchev–Trinajstić information content (AvgIpc) is 2.85. The van der Waals surface area contributed by atoms with E-state index in [0.717, 1.165) is 51.3 Å². The molecule has 2 heterocycles. The normalized spacial score (nSPS) is 19.2. The van der Waals surface area contributed by atoms with Gasteiger partial charge in [-0.05, 0) is 74.1 Å². The highest BCUT2D eigenvalue weighted by atomic mass is 16.5. The topological polar surface area (TPSA) is 24.5 Å². The number of fused-ring (bicyclic) bond motifs is 1. The molecule has 0 amide bonds. The summed E-state index contributed by atoms with van der Waals surface area (Å²) in [5.74, 6) is 1.05. The van der Waals surface area contributed by atoms with E-state index in [9.17, 15) is 0 Å². The molecule has 0 atom stereocenters. The van der Waals surface area contributed by atoms with Crippen molar-refractivity contribution in [2.24, 2.45) is 0 Å². The van der Waals surface area contributed by atoms with E-state index in [4.69, 9.17) is 4.74 Å². The van der Waals surface area contributed by atoms with Crippen LogP contribution in [0.5, 0.6) is 5.75 Å². The van der Waals surface area contributed by atoms with Gasteiger partial charge in [-0.1, -0.05) is 36.4 Å². The molecule has 2 aromatic rings. The number of benzene rings is 2. The van der Waals surface area contributed by atoms with Gasteiger partial charge in [0.1, 0.15) is 11.9 Å². The van der Waals surface area contributed by atoms with Crippen molar-refractivity contribution in [3.05, 3.63) is 65.2 Å². The standard InChI is InChI=1S/C22H28N2O/c1-2-5-18(6-3-1)16-24-14-4-7-19-8-9-22(15-20(19)17-24)25-21-10-12-23-13-11-21/h1-3,5-6,8-9,15,21,23H,4,7,10-14,16-17H2. The first kappa shape index (κ1) is 16.6. The minimum atomic E-state index is 0.366. The summed E-state index contributed by atoms with van der Waals surface area (Å²) in [4.78, 5) is 2.56. The Labute approximate surface area is 151 Å². The lowest BCUT2D eigenvalue weighted by Gasteiger charge is -2.25. The van der Waals surface area contributed by atoms with Gasteiger partial charge < -0.3 is 10.1 Å². The molecule has 4 rings (SSSR count). The first-order chi connectivity index (χ1) is 12.4. The van der Waals surface area contributed by atoms with E-state index < -0.39 is 0 Å². The van der Waals surface area contributed by atoms with Gasteiger partial charge in [-0.25, -0.2) is 0 Å². The number of hydrogen-bond donors (Lipinski definition) is 1. The van der Waals surface area contributed by atoms with Crippen LogP contribution in [0.3, 0.4) is 0 Å². The lowest BCUT2D eigenvalue weighted by Crippen LogP contribution is -2.34. The second-order valence-electron chi connectivity index (χ2n) is 7.30. The zero-order chi connectivity index (χ0) is 16.9. The molecular weight excluding hydrogens is 308 g/mol. The van der Waals surface area contributed by atoms with Crippen LogP contribution >= 0.6 is 0 Å². The molecule has 3 nitrogen and oxygen atoms in total. The van der Waals surface area contributed by atoms with Gasteiger partial charge in [-0.3, -0.25) is 4.90 Å². The van der Waals surface area contributed by atoms with Gasteiger partial charge in [0, 0.05) is 13.1 Å². The van der Waals surface area contributed by atoms with E-state index in [1.807, 2.05) is 0 Å². The number of hydrogen-bond acceptors (Lipinski definition) is 3. The van der Waals surface area contributed by atoms with E-state index in [1.165, 1.54) is 29.5 Å². The molecule has 25 heavy (non-hydrogen) atoms. The van der Waals surface area contributed by atoms with E-state index in [1.54, 1.807) is 0 Å². The third-order valence-corrected chi connectivity index (χ3v) is 5.33. The molecule has 3 heteroatoms. The van der Waals surface area contributed by atoms with Crippen molar-refractivity contribution in [1.82, 2.24) is 10.2 Å². The number of piperidine rings is 1. The summed E-state index contributed by atoms with van der Waals surface area (Å²) in [6.45, 7) is 5.35. The SMILES string of the molecule is c1ccc(CN2CCCc3ccc(OC4CCNCC4)cc3C2)cc1. The monoisotopic (exact) mass is 336 g/mol. The fourth-order valence-corrected chi connectivity index (χ4v) is 3.96. The minimum absolute atomic E-state index is 0.366. The van der Waals surface area contributed by atoms with Crippen molar-refractivity contribution in [3.8, 4) is 5.75 Å². The minimum Gasteiger partial charge on any atom is -0.490 e. The lowest BCUT2D eigenvalue weighted by atomic mass is 10.0. The van der Waals surface area contributed by atoms with E-state index in [2.05, 4.69) is 58.7 Å². The van der Waals surface area contributed by atoms with Crippen molar-refractivity contribution < 1.29 is 4.74 Å². The largest absolute Gasteiger partial charge is 0.490 e.